The average Bonchev–Trinajstić information content (AvgIpc) is 3.08. The van der Waals surface area contributed by atoms with Crippen LogP contribution in [0.25, 0.3) is 0 Å². The number of benzene rings is 2. The quantitative estimate of drug-likeness (QED) is 0.152. The fourth-order valence-electron chi connectivity index (χ4n) is 6.60. The standard InChI is InChI=1S/C20H27F2NO.C18H23F2NO/c1-2-3-4-5-6-15-7-9-16(10-8-15)14-24-18-12-11-17(13-23)19(21)20(18)22;1-2-3-4-13-5-7-14(8-6-13)12-22-16-10-9-15(11-21)17(19)18(16)20/h11-12,15-16H,2-10,14H2,1H3;9-10,13-14H,2-8,12H2,1H3/t15-,16-;13-,14-. The van der Waals surface area contributed by atoms with Crippen molar-refractivity contribution in [3.05, 3.63) is 58.7 Å². The minimum atomic E-state index is -1.12. The van der Waals surface area contributed by atoms with Gasteiger partial charge in [0.15, 0.2) is 23.1 Å². The number of rotatable bonds is 14. The van der Waals surface area contributed by atoms with Gasteiger partial charge >= 0.3 is 0 Å². The Balaban J connectivity index is 0.000000251. The minimum absolute atomic E-state index is 0.0896. The zero-order valence-electron chi connectivity index (χ0n) is 27.6. The summed E-state index contributed by atoms with van der Waals surface area (Å²) in [5.74, 6) is -2.07. The lowest BCUT2D eigenvalue weighted by Crippen LogP contribution is -2.20. The number of hydrogen-bond donors (Lipinski definition) is 0. The summed E-state index contributed by atoms with van der Waals surface area (Å²) in [6.45, 7) is 5.28. The van der Waals surface area contributed by atoms with Crippen LogP contribution in [0.1, 0.15) is 128 Å². The molecular weight excluding hydrogens is 592 g/mol. The summed E-state index contributed by atoms with van der Waals surface area (Å²) >= 11 is 0. The van der Waals surface area contributed by atoms with E-state index in [0.717, 1.165) is 37.5 Å². The summed E-state index contributed by atoms with van der Waals surface area (Å²) in [5, 5.41) is 17.3. The molecule has 2 aliphatic carbocycles. The van der Waals surface area contributed by atoms with Gasteiger partial charge < -0.3 is 9.47 Å². The van der Waals surface area contributed by atoms with Crippen LogP contribution in [0.2, 0.25) is 0 Å². The van der Waals surface area contributed by atoms with Gasteiger partial charge in [0.2, 0.25) is 11.6 Å². The highest BCUT2D eigenvalue weighted by atomic mass is 19.2. The summed E-state index contributed by atoms with van der Waals surface area (Å²) in [6.07, 6.45) is 19.6. The molecule has 46 heavy (non-hydrogen) atoms. The van der Waals surface area contributed by atoms with Gasteiger partial charge in [-0.25, -0.2) is 8.78 Å². The van der Waals surface area contributed by atoms with E-state index in [9.17, 15) is 17.6 Å². The molecule has 4 nitrogen and oxygen atoms in total. The maximum absolute atomic E-state index is 13.8. The largest absolute Gasteiger partial charge is 0.490 e. The molecule has 0 N–H and O–H groups in total. The molecule has 2 aromatic rings. The smallest absolute Gasteiger partial charge is 0.201 e. The molecule has 252 valence electrons. The summed E-state index contributed by atoms with van der Waals surface area (Å²) < 4.78 is 65.6. The van der Waals surface area contributed by atoms with E-state index >= 15 is 0 Å². The van der Waals surface area contributed by atoms with Crippen molar-refractivity contribution < 1.29 is 27.0 Å². The van der Waals surface area contributed by atoms with Crippen molar-refractivity contribution in [1.82, 2.24) is 0 Å². The summed E-state index contributed by atoms with van der Waals surface area (Å²) in [4.78, 5) is 0. The monoisotopic (exact) mass is 642 g/mol. The van der Waals surface area contributed by atoms with Gasteiger partial charge in [-0.15, -0.1) is 0 Å². The predicted octanol–water partition coefficient (Wildman–Crippen LogP) is 11.2. The third kappa shape index (κ3) is 11.5. The van der Waals surface area contributed by atoms with Crippen molar-refractivity contribution in [3.8, 4) is 23.6 Å². The van der Waals surface area contributed by atoms with Crippen LogP contribution < -0.4 is 9.47 Å². The van der Waals surface area contributed by atoms with Crippen LogP contribution in [0.3, 0.4) is 0 Å². The highest BCUT2D eigenvalue weighted by molar-refractivity contribution is 5.38. The normalized spacial score (nSPS) is 21.0. The molecule has 2 saturated carbocycles. The van der Waals surface area contributed by atoms with Gasteiger partial charge in [-0.2, -0.15) is 19.3 Å². The van der Waals surface area contributed by atoms with Crippen molar-refractivity contribution in [1.29, 1.82) is 10.5 Å². The number of halogens is 4. The van der Waals surface area contributed by atoms with Crippen molar-refractivity contribution >= 4 is 0 Å². The van der Waals surface area contributed by atoms with Gasteiger partial charge in [-0.05, 0) is 73.6 Å². The molecular formula is C38H50F4N2O2. The molecule has 0 bridgehead atoms. The Morgan fingerprint density at radius 2 is 0.935 bits per heavy atom. The number of nitriles is 2. The first kappa shape index (κ1) is 37.2. The Bertz CT molecular complexity index is 1290. The molecule has 0 unspecified atom stereocenters. The van der Waals surface area contributed by atoms with Gasteiger partial charge in [-0.1, -0.05) is 90.9 Å². The number of unbranched alkanes of at least 4 members (excludes halogenated alkanes) is 4. The van der Waals surface area contributed by atoms with E-state index < -0.39 is 23.3 Å². The average molecular weight is 643 g/mol. The lowest BCUT2D eigenvalue weighted by molar-refractivity contribution is 0.172. The molecule has 8 heteroatoms. The minimum Gasteiger partial charge on any atom is -0.490 e. The second kappa shape index (κ2) is 20.1. The Morgan fingerprint density at radius 3 is 1.33 bits per heavy atom. The summed E-state index contributed by atoms with van der Waals surface area (Å²) in [6, 6.07) is 8.45. The van der Waals surface area contributed by atoms with Crippen LogP contribution in [-0.2, 0) is 0 Å². The van der Waals surface area contributed by atoms with Crippen LogP contribution in [0.15, 0.2) is 24.3 Å². The van der Waals surface area contributed by atoms with Crippen molar-refractivity contribution in [3.63, 3.8) is 0 Å². The maximum Gasteiger partial charge on any atom is 0.201 e. The topological polar surface area (TPSA) is 66.0 Å². The molecule has 2 fully saturated rings. The van der Waals surface area contributed by atoms with E-state index in [1.54, 1.807) is 12.1 Å². The van der Waals surface area contributed by atoms with Crippen LogP contribution in [0, 0.1) is 69.6 Å². The molecule has 0 saturated heterocycles. The fourth-order valence-corrected chi connectivity index (χ4v) is 6.60. The first-order valence-electron chi connectivity index (χ1n) is 17.3. The molecule has 0 aliphatic heterocycles. The summed E-state index contributed by atoms with van der Waals surface area (Å²) in [7, 11) is 0. The second-order valence-corrected chi connectivity index (χ2v) is 13.1. The van der Waals surface area contributed by atoms with Crippen LogP contribution in [-0.4, -0.2) is 13.2 Å². The lowest BCUT2D eigenvalue weighted by atomic mass is 9.80. The number of ether oxygens (including phenoxy) is 2. The Hall–Kier alpha value is -3.26. The van der Waals surface area contributed by atoms with Crippen molar-refractivity contribution in [2.75, 3.05) is 13.2 Å². The predicted molar refractivity (Wildman–Crippen MR) is 172 cm³/mol. The molecule has 2 aromatic carbocycles. The van der Waals surface area contributed by atoms with Crippen LogP contribution in [0.4, 0.5) is 17.6 Å². The molecule has 0 atom stereocenters. The van der Waals surface area contributed by atoms with E-state index in [4.69, 9.17) is 20.0 Å². The highest BCUT2D eigenvalue weighted by Crippen LogP contribution is 2.34. The van der Waals surface area contributed by atoms with Crippen molar-refractivity contribution in [2.24, 2.45) is 23.7 Å². The third-order valence-electron chi connectivity index (χ3n) is 9.65. The van der Waals surface area contributed by atoms with Gasteiger partial charge in [0.1, 0.15) is 12.1 Å². The number of hydrogen-bond acceptors (Lipinski definition) is 4. The third-order valence-corrected chi connectivity index (χ3v) is 9.65. The first-order valence-corrected chi connectivity index (χ1v) is 17.3. The number of nitrogens with zero attached hydrogens (tertiary/aromatic N) is 2. The Morgan fingerprint density at radius 1 is 0.543 bits per heavy atom. The molecule has 0 aromatic heterocycles. The fraction of sp³-hybridized carbons (Fsp3) is 0.632. The van der Waals surface area contributed by atoms with E-state index in [1.165, 1.54) is 101 Å². The van der Waals surface area contributed by atoms with E-state index in [-0.39, 0.29) is 22.6 Å². The summed E-state index contributed by atoms with van der Waals surface area (Å²) in [5.41, 5.74) is -0.579. The Kier molecular flexibility index (Phi) is 16.2. The Labute approximate surface area is 273 Å². The first-order chi connectivity index (χ1) is 22.3. The van der Waals surface area contributed by atoms with Gasteiger partial charge in [0.05, 0.1) is 24.3 Å². The van der Waals surface area contributed by atoms with E-state index in [2.05, 4.69) is 13.8 Å². The SMILES string of the molecule is CCCCCC[C@H]1CC[C@H](COc2ccc(C#N)c(F)c2F)CC1.CCCC[C@H]1CC[C@H](COc2ccc(C#N)c(F)c2F)CC1. The van der Waals surface area contributed by atoms with Crippen molar-refractivity contribution in [2.45, 2.75) is 117 Å². The molecule has 0 amide bonds. The highest BCUT2D eigenvalue weighted by Gasteiger charge is 2.24. The van der Waals surface area contributed by atoms with Crippen LogP contribution >= 0.6 is 0 Å². The van der Waals surface area contributed by atoms with E-state index in [0.29, 0.717) is 25.0 Å². The molecule has 0 heterocycles. The van der Waals surface area contributed by atoms with Crippen LogP contribution in [0.5, 0.6) is 11.5 Å². The zero-order chi connectivity index (χ0) is 33.3. The van der Waals surface area contributed by atoms with E-state index in [1.807, 2.05) is 0 Å². The zero-order valence-corrected chi connectivity index (χ0v) is 27.6. The van der Waals surface area contributed by atoms with Gasteiger partial charge in [0.25, 0.3) is 0 Å². The maximum atomic E-state index is 13.8. The second-order valence-electron chi connectivity index (χ2n) is 13.1. The molecule has 0 spiro atoms. The van der Waals surface area contributed by atoms with Gasteiger partial charge in [-0.3, -0.25) is 0 Å². The molecule has 4 rings (SSSR count). The molecule has 2 aliphatic rings. The lowest BCUT2D eigenvalue weighted by Gasteiger charge is -2.28. The van der Waals surface area contributed by atoms with Gasteiger partial charge in [0, 0.05) is 0 Å². The molecule has 0 radical (unpaired) electrons.